The van der Waals surface area contributed by atoms with Gasteiger partial charge in [0.05, 0.1) is 11.9 Å². The molecule has 160 valence electrons. The van der Waals surface area contributed by atoms with Gasteiger partial charge in [-0.25, -0.2) is 9.97 Å². The normalized spacial score (nSPS) is 22.2. The lowest BCUT2D eigenvalue weighted by molar-refractivity contribution is 0.223. The lowest BCUT2D eigenvalue weighted by Gasteiger charge is -2.49. The van der Waals surface area contributed by atoms with E-state index in [2.05, 4.69) is 99.0 Å². The number of anilines is 4. The fourth-order valence-electron chi connectivity index (χ4n) is 5.34. The molecule has 0 radical (unpaired) electrons. The number of nitrogens with zero attached hydrogens (tertiary/aromatic N) is 4. The van der Waals surface area contributed by atoms with Crippen molar-refractivity contribution in [3.05, 3.63) is 72.1 Å². The van der Waals surface area contributed by atoms with E-state index in [9.17, 15) is 0 Å². The summed E-state index contributed by atoms with van der Waals surface area (Å²) in [6.07, 6.45) is 5.47. The van der Waals surface area contributed by atoms with Crippen molar-refractivity contribution < 1.29 is 0 Å². The molecule has 2 aromatic carbocycles. The van der Waals surface area contributed by atoms with Crippen molar-refractivity contribution in [3.8, 4) is 0 Å². The highest BCUT2D eigenvalue weighted by Gasteiger charge is 2.53. The van der Waals surface area contributed by atoms with E-state index in [4.69, 9.17) is 9.97 Å². The van der Waals surface area contributed by atoms with Crippen LogP contribution in [0.15, 0.2) is 60.8 Å². The maximum absolute atomic E-state index is 5.23. The van der Waals surface area contributed by atoms with E-state index < -0.39 is 0 Å². The summed E-state index contributed by atoms with van der Waals surface area (Å²) in [4.78, 5) is 15.2. The number of para-hydroxylation sites is 2. The minimum Gasteiger partial charge on any atom is -0.301 e. The van der Waals surface area contributed by atoms with Gasteiger partial charge in [0.1, 0.15) is 6.17 Å². The maximum Gasteiger partial charge on any atom is 0.178 e. The van der Waals surface area contributed by atoms with E-state index in [1.165, 1.54) is 16.9 Å². The zero-order valence-corrected chi connectivity index (χ0v) is 19.3. The highest BCUT2D eigenvalue weighted by Crippen LogP contribution is 2.56. The summed E-state index contributed by atoms with van der Waals surface area (Å²) < 4.78 is 0. The first-order valence-electron chi connectivity index (χ1n) is 11.4. The zero-order valence-electron chi connectivity index (χ0n) is 19.3. The third kappa shape index (κ3) is 3.12. The van der Waals surface area contributed by atoms with E-state index in [1.807, 2.05) is 6.20 Å². The van der Waals surface area contributed by atoms with E-state index in [1.54, 1.807) is 0 Å². The lowest BCUT2D eigenvalue weighted by Crippen LogP contribution is -2.54. The van der Waals surface area contributed by atoms with Crippen LogP contribution in [0.4, 0.5) is 23.0 Å². The van der Waals surface area contributed by atoms with Gasteiger partial charge >= 0.3 is 0 Å². The minimum absolute atomic E-state index is 0.0558. The molecule has 0 fully saturated rings. The van der Waals surface area contributed by atoms with Crippen LogP contribution in [-0.2, 0) is 11.8 Å². The molecule has 2 aliphatic heterocycles. The van der Waals surface area contributed by atoms with E-state index in [0.29, 0.717) is 0 Å². The predicted octanol–water partition coefficient (Wildman–Crippen LogP) is 6.75. The summed E-state index contributed by atoms with van der Waals surface area (Å²) in [6.45, 7) is 11.3. The van der Waals surface area contributed by atoms with Crippen LogP contribution in [0.1, 0.15) is 58.7 Å². The van der Waals surface area contributed by atoms with Crippen LogP contribution < -0.4 is 9.80 Å². The van der Waals surface area contributed by atoms with Gasteiger partial charge in [-0.1, -0.05) is 77.4 Å². The average Bonchev–Trinajstić information content (AvgIpc) is 3.10. The maximum atomic E-state index is 5.23. The second kappa shape index (κ2) is 7.08. The summed E-state index contributed by atoms with van der Waals surface area (Å²) in [5, 5.41) is 0. The Balaban J connectivity index is 1.79. The second-order valence-corrected chi connectivity index (χ2v) is 10.3. The van der Waals surface area contributed by atoms with Crippen molar-refractivity contribution >= 4 is 23.0 Å². The summed E-state index contributed by atoms with van der Waals surface area (Å²) >= 11 is 0. The van der Waals surface area contributed by atoms with E-state index in [0.717, 1.165) is 36.6 Å². The molecule has 3 aromatic rings. The molecule has 1 aromatic heterocycles. The first kappa shape index (κ1) is 20.0. The third-order valence-corrected chi connectivity index (χ3v) is 6.77. The largest absolute Gasteiger partial charge is 0.301 e. The molecule has 0 spiro atoms. The molecule has 2 aliphatic rings. The molecule has 31 heavy (non-hydrogen) atoms. The van der Waals surface area contributed by atoms with Gasteiger partial charge in [0.2, 0.25) is 0 Å². The molecule has 0 bridgehead atoms. The van der Waals surface area contributed by atoms with E-state index >= 15 is 0 Å². The topological polar surface area (TPSA) is 32.3 Å². The van der Waals surface area contributed by atoms with Gasteiger partial charge in [-0.2, -0.15) is 0 Å². The van der Waals surface area contributed by atoms with Gasteiger partial charge < -0.3 is 9.80 Å². The Morgan fingerprint density at radius 2 is 1.68 bits per heavy atom. The molecule has 0 aliphatic carbocycles. The van der Waals surface area contributed by atoms with E-state index in [-0.39, 0.29) is 17.0 Å². The molecular formula is C27H32N4. The SMILES string of the molecule is CCCC1(C)Cc2ccccc2N2c3nc(C(C)(C)C)cnc3N(c3ccccc3)C21. The molecule has 4 heteroatoms. The van der Waals surface area contributed by atoms with Crippen LogP contribution in [0.25, 0.3) is 0 Å². The smallest absolute Gasteiger partial charge is 0.178 e. The minimum atomic E-state index is -0.0558. The third-order valence-electron chi connectivity index (χ3n) is 6.77. The van der Waals surface area contributed by atoms with Crippen molar-refractivity contribution in [2.75, 3.05) is 9.80 Å². The molecular weight excluding hydrogens is 380 g/mol. The number of hydrogen-bond acceptors (Lipinski definition) is 4. The molecule has 2 atom stereocenters. The Morgan fingerprint density at radius 1 is 0.968 bits per heavy atom. The molecule has 0 saturated carbocycles. The Morgan fingerprint density at radius 3 is 2.39 bits per heavy atom. The molecule has 5 rings (SSSR count). The number of benzene rings is 2. The first-order valence-corrected chi connectivity index (χ1v) is 11.4. The van der Waals surface area contributed by atoms with Crippen LogP contribution in [0.5, 0.6) is 0 Å². The molecule has 0 amide bonds. The molecule has 0 N–H and O–H groups in total. The van der Waals surface area contributed by atoms with Gasteiger partial charge in [-0.3, -0.25) is 0 Å². The standard InChI is InChI=1S/C27H32N4/c1-6-16-27(5)17-19-12-10-11-15-21(19)31-24-23(28-18-22(29-24)26(2,3)4)30(25(27)31)20-13-8-7-9-14-20/h7-15,18,25H,6,16-17H2,1-5H3. The summed E-state index contributed by atoms with van der Waals surface area (Å²) in [5.74, 6) is 1.94. The van der Waals surface area contributed by atoms with Crippen molar-refractivity contribution in [1.29, 1.82) is 0 Å². The fraction of sp³-hybridized carbons (Fsp3) is 0.407. The molecule has 0 saturated heterocycles. The molecule has 3 heterocycles. The summed E-state index contributed by atoms with van der Waals surface area (Å²) in [5.41, 5.74) is 4.89. The highest BCUT2D eigenvalue weighted by atomic mass is 15.5. The van der Waals surface area contributed by atoms with Crippen LogP contribution >= 0.6 is 0 Å². The number of fused-ring (bicyclic) bond motifs is 5. The molecule has 2 unspecified atom stereocenters. The Hall–Kier alpha value is -2.88. The number of rotatable bonds is 3. The van der Waals surface area contributed by atoms with Crippen LogP contribution in [0.2, 0.25) is 0 Å². The quantitative estimate of drug-likeness (QED) is 0.476. The molecule has 4 nitrogen and oxygen atoms in total. The summed E-state index contributed by atoms with van der Waals surface area (Å²) in [7, 11) is 0. The monoisotopic (exact) mass is 412 g/mol. The van der Waals surface area contributed by atoms with Gasteiger partial charge in [0, 0.05) is 22.2 Å². The van der Waals surface area contributed by atoms with Crippen LogP contribution in [-0.4, -0.2) is 16.1 Å². The van der Waals surface area contributed by atoms with Crippen LogP contribution in [0.3, 0.4) is 0 Å². The average molecular weight is 413 g/mol. The summed E-state index contributed by atoms with van der Waals surface area (Å²) in [6, 6.07) is 19.5. The van der Waals surface area contributed by atoms with Gasteiger partial charge in [-0.05, 0) is 36.6 Å². The predicted molar refractivity (Wildman–Crippen MR) is 128 cm³/mol. The lowest BCUT2D eigenvalue weighted by atomic mass is 9.73. The first-order chi connectivity index (χ1) is 14.8. The van der Waals surface area contributed by atoms with Crippen LogP contribution in [0, 0.1) is 5.41 Å². The Bertz CT molecular complexity index is 1100. The second-order valence-electron chi connectivity index (χ2n) is 10.3. The number of hydrogen-bond donors (Lipinski definition) is 0. The van der Waals surface area contributed by atoms with Gasteiger partial charge in [0.15, 0.2) is 11.6 Å². The zero-order chi connectivity index (χ0) is 21.8. The van der Waals surface area contributed by atoms with Crippen molar-refractivity contribution in [2.24, 2.45) is 5.41 Å². The Kier molecular flexibility index (Phi) is 4.58. The van der Waals surface area contributed by atoms with Gasteiger partial charge in [-0.15, -0.1) is 0 Å². The number of aromatic nitrogens is 2. The fourth-order valence-corrected chi connectivity index (χ4v) is 5.34. The van der Waals surface area contributed by atoms with Crippen molar-refractivity contribution in [3.63, 3.8) is 0 Å². The Labute approximate surface area is 186 Å². The van der Waals surface area contributed by atoms with Crippen molar-refractivity contribution in [1.82, 2.24) is 9.97 Å². The highest BCUT2D eigenvalue weighted by molar-refractivity contribution is 5.86. The van der Waals surface area contributed by atoms with Crippen molar-refractivity contribution in [2.45, 2.75) is 65.5 Å². The van der Waals surface area contributed by atoms with Gasteiger partial charge in [0.25, 0.3) is 0 Å².